The fraction of sp³-hybridized carbons (Fsp3) is 0.167. The van der Waals surface area contributed by atoms with Crippen molar-refractivity contribution in [2.45, 2.75) is 11.7 Å². The van der Waals surface area contributed by atoms with Crippen molar-refractivity contribution in [2.75, 3.05) is 0 Å². The molecule has 2 N–H and O–H groups in total. The molecule has 1 atom stereocenters. The Bertz CT molecular complexity index is 531. The van der Waals surface area contributed by atoms with Gasteiger partial charge in [-0.05, 0) is 24.6 Å². The Kier molecular flexibility index (Phi) is 4.42. The van der Waals surface area contributed by atoms with Crippen molar-refractivity contribution in [3.05, 3.63) is 40.4 Å². The van der Waals surface area contributed by atoms with Crippen LogP contribution in [0, 0.1) is 0 Å². The summed E-state index contributed by atoms with van der Waals surface area (Å²) in [5, 5.41) is 12.3. The smallest absolute Gasteiger partial charge is 0.284 e. The van der Waals surface area contributed by atoms with Crippen molar-refractivity contribution < 1.29 is 9.90 Å². The second-order valence-corrected chi connectivity index (χ2v) is 6.25. The van der Waals surface area contributed by atoms with Crippen molar-refractivity contribution in [2.24, 2.45) is 0 Å². The van der Waals surface area contributed by atoms with Gasteiger partial charge in [-0.3, -0.25) is 4.79 Å². The Morgan fingerprint density at radius 3 is 3.00 bits per heavy atom. The molecule has 18 heavy (non-hydrogen) atoms. The van der Waals surface area contributed by atoms with Gasteiger partial charge in [-0.1, -0.05) is 52.0 Å². The van der Waals surface area contributed by atoms with Gasteiger partial charge in [-0.2, -0.15) is 0 Å². The molecule has 1 unspecified atom stereocenters. The molecule has 1 heterocycles. The van der Waals surface area contributed by atoms with E-state index in [9.17, 15) is 9.90 Å². The Morgan fingerprint density at radius 1 is 1.61 bits per heavy atom. The van der Waals surface area contributed by atoms with Crippen LogP contribution in [0.2, 0.25) is 0 Å². The molecule has 0 spiro atoms. The van der Waals surface area contributed by atoms with E-state index in [-0.39, 0.29) is 16.2 Å². The summed E-state index contributed by atoms with van der Waals surface area (Å²) < 4.78 is 0.905. The number of aliphatic hydroxyl groups is 1. The molecule has 6 heteroatoms. The summed E-state index contributed by atoms with van der Waals surface area (Å²) in [7, 11) is 0. The number of hydrogen-bond donors (Lipinski definition) is 2. The number of carbonyl (C=O) groups is 1. The maximum Gasteiger partial charge on any atom is 0.284 e. The van der Waals surface area contributed by atoms with Gasteiger partial charge in [0, 0.05) is 10.0 Å². The fourth-order valence-corrected chi connectivity index (χ4v) is 3.12. The maximum atomic E-state index is 11.1. The lowest BCUT2D eigenvalue weighted by Gasteiger charge is -2.04. The van der Waals surface area contributed by atoms with Crippen molar-refractivity contribution >= 4 is 55.9 Å². The van der Waals surface area contributed by atoms with E-state index in [0.29, 0.717) is 11.4 Å². The SMILES string of the molecule is O=C1NC(=S)C(CC=C(O)c2cccc(Br)c2)S1. The van der Waals surface area contributed by atoms with Gasteiger partial charge in [0.05, 0.1) is 10.2 Å². The lowest BCUT2D eigenvalue weighted by Crippen LogP contribution is -2.21. The lowest BCUT2D eigenvalue weighted by molar-refractivity contribution is 0.265. The highest BCUT2D eigenvalue weighted by molar-refractivity contribution is 9.10. The highest BCUT2D eigenvalue weighted by Crippen LogP contribution is 2.25. The van der Waals surface area contributed by atoms with Crippen molar-refractivity contribution in [1.82, 2.24) is 5.32 Å². The molecular formula is C12H10BrNO2S2. The summed E-state index contributed by atoms with van der Waals surface area (Å²) in [5.41, 5.74) is 0.734. The second-order valence-electron chi connectivity index (χ2n) is 3.72. The van der Waals surface area contributed by atoms with Crippen LogP contribution in [0.15, 0.2) is 34.8 Å². The van der Waals surface area contributed by atoms with Gasteiger partial charge in [0.1, 0.15) is 5.76 Å². The number of halogens is 1. The minimum atomic E-state index is -0.125. The Hall–Kier alpha value is -0.850. The molecule has 0 bridgehead atoms. The van der Waals surface area contributed by atoms with Crippen LogP contribution >= 0.6 is 39.9 Å². The zero-order valence-electron chi connectivity index (χ0n) is 9.22. The van der Waals surface area contributed by atoms with Crippen LogP contribution in [-0.2, 0) is 0 Å². The number of aliphatic hydroxyl groups excluding tert-OH is 1. The van der Waals surface area contributed by atoms with Crippen LogP contribution in [0.5, 0.6) is 0 Å². The number of benzene rings is 1. The number of hydrogen-bond acceptors (Lipinski definition) is 4. The average molecular weight is 344 g/mol. The van der Waals surface area contributed by atoms with Gasteiger partial charge in [-0.15, -0.1) is 0 Å². The second kappa shape index (κ2) is 5.86. The van der Waals surface area contributed by atoms with Gasteiger partial charge < -0.3 is 10.4 Å². The van der Waals surface area contributed by atoms with Crippen LogP contribution in [0.25, 0.3) is 5.76 Å². The molecule has 0 radical (unpaired) electrons. The van der Waals surface area contributed by atoms with Crippen LogP contribution in [0.1, 0.15) is 12.0 Å². The number of allylic oxidation sites excluding steroid dienone is 1. The number of rotatable bonds is 3. The number of thiocarbonyl (C=S) groups is 1. The quantitative estimate of drug-likeness (QED) is 0.645. The summed E-state index contributed by atoms with van der Waals surface area (Å²) in [6.07, 6.45) is 2.21. The summed E-state index contributed by atoms with van der Waals surface area (Å²) in [6.45, 7) is 0. The predicted molar refractivity (Wildman–Crippen MR) is 81.9 cm³/mol. The summed E-state index contributed by atoms with van der Waals surface area (Å²) in [6, 6.07) is 7.39. The molecule has 1 aliphatic rings. The topological polar surface area (TPSA) is 49.3 Å². The molecule has 0 aromatic heterocycles. The van der Waals surface area contributed by atoms with Crippen LogP contribution in [-0.4, -0.2) is 20.6 Å². The summed E-state index contributed by atoms with van der Waals surface area (Å²) in [4.78, 5) is 11.6. The molecule has 2 rings (SSSR count). The Balaban J connectivity index is 2.05. The molecule has 0 aliphatic carbocycles. The van der Waals surface area contributed by atoms with Gasteiger partial charge in [0.2, 0.25) is 0 Å². The number of nitrogens with one attached hydrogen (secondary N) is 1. The largest absolute Gasteiger partial charge is 0.508 e. The van der Waals surface area contributed by atoms with Crippen molar-refractivity contribution in [1.29, 1.82) is 0 Å². The number of amides is 1. The number of carbonyl (C=O) groups excluding carboxylic acids is 1. The minimum absolute atomic E-state index is 0.0817. The minimum Gasteiger partial charge on any atom is -0.508 e. The third-order valence-corrected chi connectivity index (χ3v) is 4.47. The van der Waals surface area contributed by atoms with E-state index in [1.807, 2.05) is 24.3 Å². The standard InChI is InChI=1S/C12H10BrNO2S2/c13-8-3-1-2-7(6-8)9(15)4-5-10-11(17)14-12(16)18-10/h1-4,6,10,15H,5H2,(H,14,16,17). The van der Waals surface area contributed by atoms with Crippen molar-refractivity contribution in [3.8, 4) is 0 Å². The van der Waals surface area contributed by atoms with E-state index in [0.717, 1.165) is 21.8 Å². The first-order chi connectivity index (χ1) is 8.56. The molecule has 3 nitrogen and oxygen atoms in total. The maximum absolute atomic E-state index is 11.1. The van der Waals surface area contributed by atoms with Crippen LogP contribution < -0.4 is 5.32 Å². The molecule has 0 saturated carbocycles. The first-order valence-corrected chi connectivity index (χ1v) is 7.31. The van der Waals surface area contributed by atoms with E-state index in [2.05, 4.69) is 21.2 Å². The predicted octanol–water partition coefficient (Wildman–Crippen LogP) is 3.89. The molecule has 94 valence electrons. The average Bonchev–Trinajstić information content (AvgIpc) is 2.65. The lowest BCUT2D eigenvalue weighted by atomic mass is 10.1. The van der Waals surface area contributed by atoms with E-state index < -0.39 is 0 Å². The van der Waals surface area contributed by atoms with Gasteiger partial charge in [0.25, 0.3) is 5.24 Å². The van der Waals surface area contributed by atoms with Gasteiger partial charge in [0.15, 0.2) is 0 Å². The molecular weight excluding hydrogens is 334 g/mol. The first kappa shape index (κ1) is 13.6. The summed E-state index contributed by atoms with van der Waals surface area (Å²) >= 11 is 9.54. The van der Waals surface area contributed by atoms with Crippen molar-refractivity contribution in [3.63, 3.8) is 0 Å². The summed E-state index contributed by atoms with van der Waals surface area (Å²) in [5.74, 6) is 0.194. The van der Waals surface area contributed by atoms with E-state index in [1.165, 1.54) is 0 Å². The third kappa shape index (κ3) is 3.34. The molecule has 1 aromatic rings. The molecule has 1 aliphatic heterocycles. The number of thioether (sulfide) groups is 1. The molecule has 1 aromatic carbocycles. The van der Waals surface area contributed by atoms with Gasteiger partial charge >= 0.3 is 0 Å². The molecule has 1 saturated heterocycles. The first-order valence-electron chi connectivity index (χ1n) is 5.23. The zero-order valence-corrected chi connectivity index (χ0v) is 12.4. The Morgan fingerprint density at radius 2 is 2.39 bits per heavy atom. The van der Waals surface area contributed by atoms with Gasteiger partial charge in [-0.25, -0.2) is 0 Å². The highest BCUT2D eigenvalue weighted by atomic mass is 79.9. The van der Waals surface area contributed by atoms with E-state index in [1.54, 1.807) is 6.08 Å². The fourth-order valence-electron chi connectivity index (χ4n) is 1.53. The molecule has 1 amide bonds. The van der Waals surface area contributed by atoms with Crippen LogP contribution in [0.3, 0.4) is 0 Å². The molecule has 1 fully saturated rings. The highest BCUT2D eigenvalue weighted by Gasteiger charge is 2.27. The Labute approximate surface area is 123 Å². The third-order valence-electron chi connectivity index (χ3n) is 2.41. The normalized spacial score (nSPS) is 20.1. The zero-order chi connectivity index (χ0) is 13.1. The van der Waals surface area contributed by atoms with E-state index in [4.69, 9.17) is 12.2 Å². The van der Waals surface area contributed by atoms with Crippen LogP contribution in [0.4, 0.5) is 4.79 Å². The van der Waals surface area contributed by atoms with E-state index >= 15 is 0 Å². The monoisotopic (exact) mass is 343 g/mol.